The molecule has 37 heavy (non-hydrogen) atoms. The van der Waals surface area contributed by atoms with Crippen molar-refractivity contribution in [3.8, 4) is 5.75 Å². The first-order valence-electron chi connectivity index (χ1n) is 12.1. The summed E-state index contributed by atoms with van der Waals surface area (Å²) in [5, 5.41) is 3.00. The number of carbonyl (C=O) groups excluding carboxylic acids is 2. The lowest BCUT2D eigenvalue weighted by atomic mass is 10.0. The number of benzene rings is 4. The van der Waals surface area contributed by atoms with E-state index in [1.807, 2.05) is 84.9 Å². The number of nitrogens with zero attached hydrogens (tertiary/aromatic N) is 1. The smallest absolute Gasteiger partial charge is 0.247 e. The molecule has 0 fully saturated rings. The minimum absolute atomic E-state index is 0.136. The molecule has 1 N–H and O–H groups in total. The van der Waals surface area contributed by atoms with Gasteiger partial charge in [0.1, 0.15) is 17.6 Å². The Kier molecular flexibility index (Phi) is 8.66. The van der Waals surface area contributed by atoms with Crippen LogP contribution in [0.4, 0.5) is 4.39 Å². The number of carbonyl (C=O) groups is 2. The van der Waals surface area contributed by atoms with E-state index >= 15 is 0 Å². The van der Waals surface area contributed by atoms with E-state index in [1.54, 1.807) is 24.1 Å². The average Bonchev–Trinajstić information content (AvgIpc) is 2.94. The fourth-order valence-electron chi connectivity index (χ4n) is 4.12. The maximum absolute atomic E-state index is 13.7. The molecule has 0 heterocycles. The van der Waals surface area contributed by atoms with Gasteiger partial charge in [-0.3, -0.25) is 9.59 Å². The van der Waals surface area contributed by atoms with E-state index < -0.39 is 6.04 Å². The highest BCUT2D eigenvalue weighted by Crippen LogP contribution is 2.25. The predicted molar refractivity (Wildman–Crippen MR) is 141 cm³/mol. The van der Waals surface area contributed by atoms with Gasteiger partial charge in [-0.2, -0.15) is 0 Å². The van der Waals surface area contributed by atoms with Gasteiger partial charge < -0.3 is 15.0 Å². The third-order valence-corrected chi connectivity index (χ3v) is 6.09. The maximum Gasteiger partial charge on any atom is 0.247 e. The van der Waals surface area contributed by atoms with Crippen LogP contribution in [0, 0.1) is 5.82 Å². The van der Waals surface area contributed by atoms with Crippen molar-refractivity contribution in [3.63, 3.8) is 0 Å². The Morgan fingerprint density at radius 1 is 0.784 bits per heavy atom. The van der Waals surface area contributed by atoms with Gasteiger partial charge in [-0.15, -0.1) is 0 Å². The molecule has 5 nitrogen and oxygen atoms in total. The molecule has 0 aromatic heterocycles. The van der Waals surface area contributed by atoms with Gasteiger partial charge in [0, 0.05) is 13.1 Å². The first-order chi connectivity index (χ1) is 18.0. The van der Waals surface area contributed by atoms with Crippen LogP contribution in [0.2, 0.25) is 0 Å². The highest BCUT2D eigenvalue weighted by molar-refractivity contribution is 5.89. The summed E-state index contributed by atoms with van der Waals surface area (Å²) in [5.74, 6) is -0.133. The van der Waals surface area contributed by atoms with E-state index in [-0.39, 0.29) is 30.6 Å². The molecular formula is C31H29FN2O3. The van der Waals surface area contributed by atoms with Gasteiger partial charge in [0.25, 0.3) is 0 Å². The zero-order chi connectivity index (χ0) is 26.0. The van der Waals surface area contributed by atoms with Crippen molar-refractivity contribution in [2.24, 2.45) is 0 Å². The summed E-state index contributed by atoms with van der Waals surface area (Å²) in [6, 6.07) is 31.2. The Morgan fingerprint density at radius 3 is 2.00 bits per heavy atom. The number of rotatable bonds is 10. The zero-order valence-electron chi connectivity index (χ0n) is 20.6. The minimum atomic E-state index is -0.874. The van der Waals surface area contributed by atoms with Gasteiger partial charge in [0.15, 0.2) is 0 Å². The lowest BCUT2D eigenvalue weighted by Crippen LogP contribution is -2.43. The SMILES string of the molecule is COc1ccc(CNC(=O)[C@H](c2ccccc2)N(Cc2ccc(F)cc2)C(=O)Cc2ccccc2)cc1. The van der Waals surface area contributed by atoms with Crippen LogP contribution in [-0.4, -0.2) is 23.8 Å². The molecule has 4 aromatic rings. The molecule has 1 atom stereocenters. The quantitative estimate of drug-likeness (QED) is 0.317. The van der Waals surface area contributed by atoms with Crippen molar-refractivity contribution in [1.29, 1.82) is 0 Å². The van der Waals surface area contributed by atoms with Crippen molar-refractivity contribution in [3.05, 3.63) is 137 Å². The molecule has 0 aliphatic rings. The van der Waals surface area contributed by atoms with Crippen molar-refractivity contribution < 1.29 is 18.7 Å². The molecule has 188 valence electrons. The molecule has 4 aromatic carbocycles. The molecule has 0 bridgehead atoms. The van der Waals surface area contributed by atoms with E-state index in [0.29, 0.717) is 12.1 Å². The molecule has 0 aliphatic carbocycles. The fourth-order valence-corrected chi connectivity index (χ4v) is 4.12. The summed E-state index contributed by atoms with van der Waals surface area (Å²) in [7, 11) is 1.60. The van der Waals surface area contributed by atoms with Crippen LogP contribution in [0.3, 0.4) is 0 Å². The summed E-state index contributed by atoms with van der Waals surface area (Å²) >= 11 is 0. The molecule has 0 aliphatic heterocycles. The fraction of sp³-hybridized carbons (Fsp3) is 0.161. The molecule has 0 saturated heterocycles. The second kappa shape index (κ2) is 12.5. The number of halogens is 1. The van der Waals surface area contributed by atoms with Crippen molar-refractivity contribution >= 4 is 11.8 Å². The Bertz CT molecular complexity index is 1290. The predicted octanol–water partition coefficient (Wildman–Crippen LogP) is 5.46. The standard InChI is InChI=1S/C31H29FN2O3/c1-37-28-18-14-24(15-19-28)21-33-31(36)30(26-10-6-3-7-11-26)34(22-25-12-16-27(32)17-13-25)29(35)20-23-8-4-2-5-9-23/h2-19,30H,20-22H2,1H3,(H,33,36)/t30-/m0/s1. The van der Waals surface area contributed by atoms with Gasteiger partial charge >= 0.3 is 0 Å². The number of nitrogens with one attached hydrogen (secondary N) is 1. The van der Waals surface area contributed by atoms with Crippen molar-refractivity contribution in [2.75, 3.05) is 7.11 Å². The van der Waals surface area contributed by atoms with E-state index in [0.717, 1.165) is 22.4 Å². The first-order valence-corrected chi connectivity index (χ1v) is 12.1. The largest absolute Gasteiger partial charge is 0.497 e. The second-order valence-electron chi connectivity index (χ2n) is 8.69. The third-order valence-electron chi connectivity index (χ3n) is 6.09. The first kappa shape index (κ1) is 25.6. The summed E-state index contributed by atoms with van der Waals surface area (Å²) in [5.41, 5.74) is 3.17. The number of hydrogen-bond acceptors (Lipinski definition) is 3. The summed E-state index contributed by atoms with van der Waals surface area (Å²) in [4.78, 5) is 29.0. The van der Waals surface area contributed by atoms with Gasteiger partial charge in [-0.05, 0) is 46.5 Å². The average molecular weight is 497 g/mol. The topological polar surface area (TPSA) is 58.6 Å². The Hall–Kier alpha value is -4.45. The normalized spacial score (nSPS) is 11.4. The molecular weight excluding hydrogens is 467 g/mol. The molecule has 2 amide bonds. The van der Waals surface area contributed by atoms with Crippen LogP contribution in [0.1, 0.15) is 28.3 Å². The van der Waals surface area contributed by atoms with Crippen LogP contribution in [0.15, 0.2) is 109 Å². The van der Waals surface area contributed by atoms with Crippen molar-refractivity contribution in [1.82, 2.24) is 10.2 Å². The summed E-state index contributed by atoms with van der Waals surface area (Å²) in [6.07, 6.45) is 0.136. The highest BCUT2D eigenvalue weighted by Gasteiger charge is 2.31. The van der Waals surface area contributed by atoms with Gasteiger partial charge in [-0.25, -0.2) is 4.39 Å². The van der Waals surface area contributed by atoms with Crippen molar-refractivity contribution in [2.45, 2.75) is 25.6 Å². The zero-order valence-corrected chi connectivity index (χ0v) is 20.6. The van der Waals surface area contributed by atoms with Crippen LogP contribution >= 0.6 is 0 Å². The minimum Gasteiger partial charge on any atom is -0.497 e. The monoisotopic (exact) mass is 496 g/mol. The van der Waals surface area contributed by atoms with Crippen LogP contribution < -0.4 is 10.1 Å². The number of amides is 2. The van der Waals surface area contributed by atoms with Crippen LogP contribution in [-0.2, 0) is 29.1 Å². The van der Waals surface area contributed by atoms with Gasteiger partial charge in [0.2, 0.25) is 11.8 Å². The number of methoxy groups -OCH3 is 1. The number of hydrogen-bond donors (Lipinski definition) is 1. The van der Waals surface area contributed by atoms with Gasteiger partial charge in [0.05, 0.1) is 13.5 Å². The molecule has 0 saturated carbocycles. The summed E-state index contributed by atoms with van der Waals surface area (Å²) < 4.78 is 18.8. The Balaban J connectivity index is 1.64. The third kappa shape index (κ3) is 7.04. The Morgan fingerprint density at radius 2 is 1.38 bits per heavy atom. The van der Waals surface area contributed by atoms with E-state index in [9.17, 15) is 14.0 Å². The highest BCUT2D eigenvalue weighted by atomic mass is 19.1. The van der Waals surface area contributed by atoms with E-state index in [4.69, 9.17) is 4.74 Å². The molecule has 6 heteroatoms. The lowest BCUT2D eigenvalue weighted by Gasteiger charge is -2.32. The Labute approximate surface area is 216 Å². The van der Waals surface area contributed by atoms with Gasteiger partial charge in [-0.1, -0.05) is 84.9 Å². The molecule has 0 radical (unpaired) electrons. The summed E-state index contributed by atoms with van der Waals surface area (Å²) in [6.45, 7) is 0.449. The molecule has 0 spiro atoms. The second-order valence-corrected chi connectivity index (χ2v) is 8.69. The lowest BCUT2D eigenvalue weighted by molar-refractivity contribution is -0.141. The van der Waals surface area contributed by atoms with E-state index in [2.05, 4.69) is 5.32 Å². The number of ether oxygens (including phenoxy) is 1. The maximum atomic E-state index is 13.7. The van der Waals surface area contributed by atoms with E-state index in [1.165, 1.54) is 12.1 Å². The van der Waals surface area contributed by atoms with Crippen LogP contribution in [0.5, 0.6) is 5.75 Å². The van der Waals surface area contributed by atoms with Crippen LogP contribution in [0.25, 0.3) is 0 Å². The molecule has 0 unspecified atom stereocenters. The molecule has 4 rings (SSSR count).